The van der Waals surface area contributed by atoms with E-state index in [1.54, 1.807) is 18.3 Å². The molecule has 0 atom stereocenters. The molecule has 1 amide bonds. The minimum absolute atomic E-state index is 0.00976. The van der Waals surface area contributed by atoms with Crippen LogP contribution in [0.1, 0.15) is 24.0 Å². The summed E-state index contributed by atoms with van der Waals surface area (Å²) in [5.41, 5.74) is 1.80. The summed E-state index contributed by atoms with van der Waals surface area (Å²) < 4.78 is 53.3. The number of pyridine rings is 1. The number of benzene rings is 2. The summed E-state index contributed by atoms with van der Waals surface area (Å²) >= 11 is 0. The van der Waals surface area contributed by atoms with Crippen LogP contribution in [-0.4, -0.2) is 15.9 Å². The number of alkyl halides is 3. The van der Waals surface area contributed by atoms with Crippen LogP contribution < -0.4 is 5.32 Å². The highest BCUT2D eigenvalue weighted by molar-refractivity contribution is 5.92. The van der Waals surface area contributed by atoms with Crippen molar-refractivity contribution in [2.45, 2.75) is 25.4 Å². The first kappa shape index (κ1) is 21.5. The third kappa shape index (κ3) is 4.64. The highest BCUT2D eigenvalue weighted by Gasteiger charge is 2.33. The van der Waals surface area contributed by atoms with Crippen molar-refractivity contribution in [1.29, 1.82) is 0 Å². The van der Waals surface area contributed by atoms with Gasteiger partial charge in [0, 0.05) is 23.5 Å². The van der Waals surface area contributed by atoms with E-state index in [1.807, 2.05) is 12.1 Å². The number of carbonyl (C=O) groups excluding carboxylic acids is 1. The van der Waals surface area contributed by atoms with E-state index in [1.165, 1.54) is 30.3 Å². The van der Waals surface area contributed by atoms with Crippen molar-refractivity contribution in [2.24, 2.45) is 0 Å². The maximum absolute atomic E-state index is 13.9. The van der Waals surface area contributed by atoms with Crippen LogP contribution in [0.15, 0.2) is 66.9 Å². The molecule has 0 fully saturated rings. The van der Waals surface area contributed by atoms with Gasteiger partial charge in [0.2, 0.25) is 5.91 Å². The van der Waals surface area contributed by atoms with Crippen molar-refractivity contribution in [3.8, 4) is 11.4 Å². The molecule has 4 nitrogen and oxygen atoms in total. The second-order valence-electron chi connectivity index (χ2n) is 7.33. The fourth-order valence-corrected chi connectivity index (χ4v) is 3.69. The second kappa shape index (κ2) is 8.82. The summed E-state index contributed by atoms with van der Waals surface area (Å²) in [5.74, 6) is -0.904. The highest BCUT2D eigenvalue weighted by atomic mass is 19.4. The Kier molecular flexibility index (Phi) is 5.94. The Hall–Kier alpha value is -3.68. The number of amides is 1. The number of aromatic nitrogens is 2. The third-order valence-electron chi connectivity index (χ3n) is 5.13. The normalized spacial score (nSPS) is 11.6. The van der Waals surface area contributed by atoms with Gasteiger partial charge in [-0.05, 0) is 60.9 Å². The summed E-state index contributed by atoms with van der Waals surface area (Å²) in [4.78, 5) is 19.9. The summed E-state index contributed by atoms with van der Waals surface area (Å²) in [7, 11) is 0. The minimum Gasteiger partial charge on any atom is -0.353 e. The zero-order chi connectivity index (χ0) is 22.7. The van der Waals surface area contributed by atoms with Crippen molar-refractivity contribution in [3.05, 3.63) is 83.8 Å². The topological polar surface area (TPSA) is 57.8 Å². The molecule has 2 N–H and O–H groups in total. The van der Waals surface area contributed by atoms with Gasteiger partial charge in [-0.3, -0.25) is 9.78 Å². The number of fused-ring (bicyclic) bond motifs is 1. The minimum atomic E-state index is -4.56. The van der Waals surface area contributed by atoms with Gasteiger partial charge in [-0.25, -0.2) is 4.39 Å². The van der Waals surface area contributed by atoms with Crippen LogP contribution >= 0.6 is 0 Å². The molecule has 8 heteroatoms. The monoisotopic (exact) mass is 441 g/mol. The molecule has 0 unspecified atom stereocenters. The van der Waals surface area contributed by atoms with E-state index < -0.39 is 17.6 Å². The van der Waals surface area contributed by atoms with Crippen LogP contribution in [0, 0.1) is 5.82 Å². The van der Waals surface area contributed by atoms with Crippen molar-refractivity contribution in [3.63, 3.8) is 0 Å². The molecule has 4 rings (SSSR count). The van der Waals surface area contributed by atoms with Crippen LogP contribution in [0.3, 0.4) is 0 Å². The molecule has 2 heterocycles. The number of anilines is 1. The number of nitrogens with zero attached hydrogens (tertiary/aromatic N) is 1. The molecule has 0 aliphatic rings. The van der Waals surface area contributed by atoms with Gasteiger partial charge in [-0.15, -0.1) is 0 Å². The Morgan fingerprint density at radius 1 is 1.03 bits per heavy atom. The molecular weight excluding hydrogens is 422 g/mol. The lowest BCUT2D eigenvalue weighted by atomic mass is 10.0. The third-order valence-corrected chi connectivity index (χ3v) is 5.13. The van der Waals surface area contributed by atoms with Gasteiger partial charge in [0.05, 0.1) is 22.6 Å². The molecule has 0 aliphatic heterocycles. The van der Waals surface area contributed by atoms with Gasteiger partial charge in [-0.1, -0.05) is 18.2 Å². The van der Waals surface area contributed by atoms with Crippen LogP contribution in [0.5, 0.6) is 0 Å². The number of halogens is 4. The molecule has 2 aromatic carbocycles. The molecular formula is C24H19F4N3O. The molecule has 0 saturated heterocycles. The quantitative estimate of drug-likeness (QED) is 0.343. The van der Waals surface area contributed by atoms with E-state index in [2.05, 4.69) is 15.3 Å². The van der Waals surface area contributed by atoms with Gasteiger partial charge < -0.3 is 10.3 Å². The van der Waals surface area contributed by atoms with Crippen molar-refractivity contribution < 1.29 is 22.4 Å². The molecule has 164 valence electrons. The lowest BCUT2D eigenvalue weighted by Crippen LogP contribution is -2.16. The summed E-state index contributed by atoms with van der Waals surface area (Å²) in [6, 6.07) is 14.7. The van der Waals surface area contributed by atoms with Gasteiger partial charge in [0.25, 0.3) is 0 Å². The smallest absolute Gasteiger partial charge is 0.353 e. The first-order valence-corrected chi connectivity index (χ1v) is 10.0. The Morgan fingerprint density at radius 3 is 2.56 bits per heavy atom. The molecule has 0 aliphatic carbocycles. The number of carbonyl (C=O) groups is 1. The number of H-pyrrole nitrogens is 1. The average molecular weight is 441 g/mol. The number of aromatic amines is 1. The summed E-state index contributed by atoms with van der Waals surface area (Å²) in [6.45, 7) is 0. The maximum Gasteiger partial charge on any atom is 0.418 e. The van der Waals surface area contributed by atoms with Gasteiger partial charge >= 0.3 is 6.18 Å². The molecule has 32 heavy (non-hydrogen) atoms. The standard InChI is InChI=1S/C24H19F4N3O/c25-15-11-12-19-17(14-15)16(23(31-19)21-9-3-4-13-29-21)6-5-10-22(32)30-20-8-2-1-7-18(20)24(26,27)28/h1-4,7-9,11-14,31H,5-6,10H2,(H,30,32). The van der Waals surface area contributed by atoms with Crippen molar-refractivity contribution in [2.75, 3.05) is 5.32 Å². The lowest BCUT2D eigenvalue weighted by Gasteiger charge is -2.13. The Balaban J connectivity index is 1.52. The Labute approximate surface area is 181 Å². The van der Waals surface area contributed by atoms with Crippen molar-refractivity contribution in [1.82, 2.24) is 9.97 Å². The lowest BCUT2D eigenvalue weighted by molar-refractivity contribution is -0.137. The fourth-order valence-electron chi connectivity index (χ4n) is 3.69. The van der Waals surface area contributed by atoms with Gasteiger partial charge in [0.15, 0.2) is 0 Å². The largest absolute Gasteiger partial charge is 0.418 e. The van der Waals surface area contributed by atoms with Crippen molar-refractivity contribution >= 4 is 22.5 Å². The molecule has 0 bridgehead atoms. The fraction of sp³-hybridized carbons (Fsp3) is 0.167. The molecule has 0 radical (unpaired) electrons. The maximum atomic E-state index is 13.9. The van der Waals surface area contributed by atoms with Crippen LogP contribution in [0.2, 0.25) is 0 Å². The zero-order valence-corrected chi connectivity index (χ0v) is 16.8. The Bertz CT molecular complexity index is 1250. The highest BCUT2D eigenvalue weighted by Crippen LogP contribution is 2.35. The van der Waals surface area contributed by atoms with E-state index in [4.69, 9.17) is 0 Å². The summed E-state index contributed by atoms with van der Waals surface area (Å²) in [6.07, 6.45) is -2.12. The van der Waals surface area contributed by atoms with Crippen LogP contribution in [0.4, 0.5) is 23.2 Å². The first-order chi connectivity index (χ1) is 15.3. The van der Waals surface area contributed by atoms with Crippen LogP contribution in [-0.2, 0) is 17.4 Å². The summed E-state index contributed by atoms with van der Waals surface area (Å²) in [5, 5.41) is 3.04. The first-order valence-electron chi connectivity index (χ1n) is 10.0. The average Bonchev–Trinajstić information content (AvgIpc) is 3.12. The Morgan fingerprint density at radius 2 is 1.81 bits per heavy atom. The van der Waals surface area contributed by atoms with Crippen LogP contribution in [0.25, 0.3) is 22.3 Å². The molecule has 4 aromatic rings. The number of aryl methyl sites for hydroxylation is 1. The number of nitrogens with one attached hydrogen (secondary N) is 2. The zero-order valence-electron chi connectivity index (χ0n) is 16.8. The number of hydrogen-bond acceptors (Lipinski definition) is 2. The van der Waals surface area contributed by atoms with E-state index in [0.29, 0.717) is 23.9 Å². The molecule has 0 spiro atoms. The van der Waals surface area contributed by atoms with E-state index in [0.717, 1.165) is 22.8 Å². The van der Waals surface area contributed by atoms with E-state index in [-0.39, 0.29) is 17.9 Å². The SMILES string of the molecule is O=C(CCCc1c(-c2ccccn2)[nH]c2ccc(F)cc12)Nc1ccccc1C(F)(F)F. The van der Waals surface area contributed by atoms with E-state index in [9.17, 15) is 22.4 Å². The number of hydrogen-bond donors (Lipinski definition) is 2. The number of para-hydroxylation sites is 1. The molecule has 0 saturated carbocycles. The predicted octanol–water partition coefficient (Wildman–Crippen LogP) is 6.35. The van der Waals surface area contributed by atoms with E-state index >= 15 is 0 Å². The number of rotatable bonds is 6. The van der Waals surface area contributed by atoms with Gasteiger partial charge in [0.1, 0.15) is 5.82 Å². The van der Waals surface area contributed by atoms with Gasteiger partial charge in [-0.2, -0.15) is 13.2 Å². The second-order valence-corrected chi connectivity index (χ2v) is 7.33. The molecule has 2 aromatic heterocycles. The predicted molar refractivity (Wildman–Crippen MR) is 114 cm³/mol.